The summed E-state index contributed by atoms with van der Waals surface area (Å²) in [5, 5.41) is 20.5. The van der Waals surface area contributed by atoms with Crippen molar-refractivity contribution in [3.63, 3.8) is 0 Å². The van der Waals surface area contributed by atoms with Crippen molar-refractivity contribution in [2.75, 3.05) is 0 Å². The number of nitriles is 1. The molecule has 2 heterocycles. The summed E-state index contributed by atoms with van der Waals surface area (Å²) >= 11 is 0. The molecule has 2 aromatic heterocycles. The standard InChI is InChI=1S/C22H23FN4O3/c1-13-17-6-7-27(21(17)26-12-25-13)16-9-19(20(10-16)30-22(2,3)28)29-18-5-4-15(23)8-14(18)11-24/h4-8,12,16,19-20,28H,9-10H2,1-3H3/t16-,19+,20+/m1/s1. The van der Waals surface area contributed by atoms with Gasteiger partial charge in [-0.1, -0.05) is 0 Å². The Hall–Kier alpha value is -3.02. The van der Waals surface area contributed by atoms with Crippen molar-refractivity contribution in [3.8, 4) is 11.8 Å². The summed E-state index contributed by atoms with van der Waals surface area (Å²) < 4.78 is 27.5. The highest BCUT2D eigenvalue weighted by atomic mass is 19.1. The van der Waals surface area contributed by atoms with Gasteiger partial charge in [0, 0.05) is 24.0 Å². The number of nitrogens with zero attached hydrogens (tertiary/aromatic N) is 4. The minimum atomic E-state index is -1.35. The molecule has 1 fully saturated rings. The predicted octanol–water partition coefficient (Wildman–Crippen LogP) is 3.65. The summed E-state index contributed by atoms with van der Waals surface area (Å²) in [5.74, 6) is -1.55. The van der Waals surface area contributed by atoms with E-state index in [1.54, 1.807) is 20.2 Å². The molecule has 0 amide bonds. The van der Waals surface area contributed by atoms with E-state index in [2.05, 4.69) is 14.5 Å². The molecule has 0 bridgehead atoms. The zero-order valence-corrected chi connectivity index (χ0v) is 17.0. The van der Waals surface area contributed by atoms with Crippen LogP contribution in [0, 0.1) is 24.1 Å². The Morgan fingerprint density at radius 2 is 2.00 bits per heavy atom. The van der Waals surface area contributed by atoms with Crippen LogP contribution in [-0.4, -0.2) is 37.6 Å². The molecule has 1 aliphatic rings. The van der Waals surface area contributed by atoms with Gasteiger partial charge in [0.2, 0.25) is 0 Å². The first-order chi connectivity index (χ1) is 14.2. The lowest BCUT2D eigenvalue weighted by Crippen LogP contribution is -2.37. The smallest absolute Gasteiger partial charge is 0.160 e. The second-order valence-electron chi connectivity index (χ2n) is 8.06. The van der Waals surface area contributed by atoms with Crippen molar-refractivity contribution in [1.82, 2.24) is 14.5 Å². The van der Waals surface area contributed by atoms with Gasteiger partial charge in [-0.2, -0.15) is 5.26 Å². The number of rotatable bonds is 5. The third kappa shape index (κ3) is 3.99. The molecule has 8 heteroatoms. The van der Waals surface area contributed by atoms with Gasteiger partial charge in [-0.15, -0.1) is 0 Å². The van der Waals surface area contributed by atoms with E-state index < -0.39 is 23.8 Å². The maximum atomic E-state index is 13.5. The number of aromatic nitrogens is 3. The fourth-order valence-corrected chi connectivity index (χ4v) is 4.03. The highest BCUT2D eigenvalue weighted by Crippen LogP contribution is 2.38. The fraction of sp³-hybridized carbons (Fsp3) is 0.409. The molecule has 1 aliphatic carbocycles. The average molecular weight is 410 g/mol. The minimum Gasteiger partial charge on any atom is -0.486 e. The highest BCUT2D eigenvalue weighted by Gasteiger charge is 2.41. The average Bonchev–Trinajstić information content (AvgIpc) is 3.27. The van der Waals surface area contributed by atoms with Crippen molar-refractivity contribution < 1.29 is 19.0 Å². The van der Waals surface area contributed by atoms with Crippen LogP contribution in [0.2, 0.25) is 0 Å². The predicted molar refractivity (Wildman–Crippen MR) is 107 cm³/mol. The van der Waals surface area contributed by atoms with E-state index in [1.807, 2.05) is 25.3 Å². The molecule has 156 valence electrons. The van der Waals surface area contributed by atoms with Crippen LogP contribution in [0.4, 0.5) is 4.39 Å². The third-order valence-electron chi connectivity index (χ3n) is 5.31. The molecular formula is C22H23FN4O3. The topological polar surface area (TPSA) is 93.2 Å². The van der Waals surface area contributed by atoms with Gasteiger partial charge < -0.3 is 19.1 Å². The van der Waals surface area contributed by atoms with Crippen molar-refractivity contribution in [2.24, 2.45) is 0 Å². The van der Waals surface area contributed by atoms with E-state index in [9.17, 15) is 14.8 Å². The zero-order chi connectivity index (χ0) is 21.5. The summed E-state index contributed by atoms with van der Waals surface area (Å²) in [6.45, 7) is 5.07. The van der Waals surface area contributed by atoms with Crippen LogP contribution < -0.4 is 4.74 Å². The van der Waals surface area contributed by atoms with Crippen molar-refractivity contribution >= 4 is 11.0 Å². The number of aryl methyl sites for hydroxylation is 1. The summed E-state index contributed by atoms with van der Waals surface area (Å²) in [7, 11) is 0. The Labute approximate surface area is 173 Å². The lowest BCUT2D eigenvalue weighted by atomic mass is 10.2. The maximum absolute atomic E-state index is 13.5. The Bertz CT molecular complexity index is 1120. The minimum absolute atomic E-state index is 0.0140. The van der Waals surface area contributed by atoms with Crippen LogP contribution in [0.5, 0.6) is 5.75 Å². The molecular weight excluding hydrogens is 387 g/mol. The molecule has 0 saturated heterocycles. The molecule has 0 spiro atoms. The quantitative estimate of drug-likeness (QED) is 0.646. The second kappa shape index (κ2) is 7.67. The molecule has 3 aromatic rings. The summed E-state index contributed by atoms with van der Waals surface area (Å²) in [5.41, 5.74) is 1.85. The number of halogens is 1. The fourth-order valence-electron chi connectivity index (χ4n) is 4.03. The van der Waals surface area contributed by atoms with Crippen LogP contribution in [0.15, 0.2) is 36.8 Å². The van der Waals surface area contributed by atoms with Crippen LogP contribution in [0.1, 0.15) is 44.0 Å². The number of hydrogen-bond acceptors (Lipinski definition) is 6. The Morgan fingerprint density at radius 1 is 1.23 bits per heavy atom. The molecule has 30 heavy (non-hydrogen) atoms. The molecule has 0 radical (unpaired) electrons. The van der Waals surface area contributed by atoms with E-state index in [0.717, 1.165) is 22.8 Å². The van der Waals surface area contributed by atoms with Gasteiger partial charge in [0.15, 0.2) is 5.79 Å². The number of fused-ring (bicyclic) bond motifs is 1. The lowest BCUT2D eigenvalue weighted by molar-refractivity contribution is -0.217. The third-order valence-corrected chi connectivity index (χ3v) is 5.31. The number of benzene rings is 1. The van der Waals surface area contributed by atoms with E-state index in [4.69, 9.17) is 9.47 Å². The van der Waals surface area contributed by atoms with Crippen LogP contribution in [-0.2, 0) is 4.74 Å². The molecule has 4 rings (SSSR count). The van der Waals surface area contributed by atoms with E-state index in [-0.39, 0.29) is 11.6 Å². The molecule has 0 unspecified atom stereocenters. The number of ether oxygens (including phenoxy) is 2. The van der Waals surface area contributed by atoms with Crippen LogP contribution >= 0.6 is 0 Å². The lowest BCUT2D eigenvalue weighted by Gasteiger charge is -2.28. The Morgan fingerprint density at radius 3 is 2.73 bits per heavy atom. The largest absolute Gasteiger partial charge is 0.486 e. The SMILES string of the molecule is Cc1ncnc2c1ccn2[C@@H]1C[C@H](Oc2ccc(F)cc2C#N)[C@@H](OC(C)(C)O)C1. The van der Waals surface area contributed by atoms with Crippen molar-refractivity contribution in [1.29, 1.82) is 5.26 Å². The molecule has 1 N–H and O–H groups in total. The van der Waals surface area contributed by atoms with Gasteiger partial charge in [-0.25, -0.2) is 14.4 Å². The molecule has 7 nitrogen and oxygen atoms in total. The molecule has 0 aliphatic heterocycles. The first-order valence-electron chi connectivity index (χ1n) is 9.80. The van der Waals surface area contributed by atoms with Gasteiger partial charge in [-0.3, -0.25) is 0 Å². The van der Waals surface area contributed by atoms with Gasteiger partial charge in [-0.05, 0) is 51.5 Å². The molecule has 1 saturated carbocycles. The van der Waals surface area contributed by atoms with E-state index in [1.165, 1.54) is 12.1 Å². The first kappa shape index (κ1) is 20.3. The zero-order valence-electron chi connectivity index (χ0n) is 17.0. The Balaban J connectivity index is 1.65. The normalized spacial score (nSPS) is 21.7. The van der Waals surface area contributed by atoms with Gasteiger partial charge >= 0.3 is 0 Å². The van der Waals surface area contributed by atoms with Crippen molar-refractivity contribution in [2.45, 2.75) is 57.6 Å². The summed E-state index contributed by atoms with van der Waals surface area (Å²) in [4.78, 5) is 8.67. The highest BCUT2D eigenvalue weighted by molar-refractivity contribution is 5.78. The maximum Gasteiger partial charge on any atom is 0.160 e. The summed E-state index contributed by atoms with van der Waals surface area (Å²) in [6, 6.07) is 7.82. The monoisotopic (exact) mass is 410 g/mol. The Kier molecular flexibility index (Phi) is 5.18. The van der Waals surface area contributed by atoms with E-state index in [0.29, 0.717) is 18.6 Å². The van der Waals surface area contributed by atoms with Crippen LogP contribution in [0.25, 0.3) is 11.0 Å². The molecule has 3 atom stereocenters. The second-order valence-corrected chi connectivity index (χ2v) is 8.06. The van der Waals surface area contributed by atoms with Crippen molar-refractivity contribution in [3.05, 3.63) is 53.9 Å². The molecule has 1 aromatic carbocycles. The first-order valence-corrected chi connectivity index (χ1v) is 9.80. The number of aliphatic hydroxyl groups is 1. The number of hydrogen-bond donors (Lipinski definition) is 1. The van der Waals surface area contributed by atoms with Gasteiger partial charge in [0.1, 0.15) is 35.7 Å². The van der Waals surface area contributed by atoms with Gasteiger partial charge in [0.05, 0.1) is 17.4 Å². The van der Waals surface area contributed by atoms with Crippen LogP contribution in [0.3, 0.4) is 0 Å². The van der Waals surface area contributed by atoms with Gasteiger partial charge in [0.25, 0.3) is 0 Å². The summed E-state index contributed by atoms with van der Waals surface area (Å²) in [6.07, 6.45) is 3.82. The van der Waals surface area contributed by atoms with E-state index >= 15 is 0 Å².